The Morgan fingerprint density at radius 1 is 1.53 bits per heavy atom. The summed E-state index contributed by atoms with van der Waals surface area (Å²) in [6, 6.07) is 3.80. The number of hydrogen-bond donors (Lipinski definition) is 1. The summed E-state index contributed by atoms with van der Waals surface area (Å²) in [4.78, 5) is 11.2. The van der Waals surface area contributed by atoms with Gasteiger partial charge in [0.15, 0.2) is 11.6 Å². The number of carbonyl (C=O) groups is 1. The number of ether oxygens (including phenoxy) is 2. The molecule has 1 aromatic rings. The number of methoxy groups -OCH3 is 1. The molecular formula is C12H16FNO3. The molecule has 0 heterocycles. The number of nitrogens with two attached hydrogens (primary N) is 1. The molecule has 1 atom stereocenters. The second kappa shape index (κ2) is 6.20. The minimum Gasteiger partial charge on any atom is -0.494 e. The lowest BCUT2D eigenvalue weighted by Crippen LogP contribution is -2.17. The maximum atomic E-state index is 13.4. The van der Waals surface area contributed by atoms with Crippen molar-refractivity contribution in [1.29, 1.82) is 0 Å². The second-order valence-electron chi connectivity index (χ2n) is 3.51. The van der Waals surface area contributed by atoms with E-state index in [1.54, 1.807) is 13.0 Å². The molecular weight excluding hydrogens is 225 g/mol. The fourth-order valence-corrected chi connectivity index (χ4v) is 1.43. The molecule has 4 nitrogen and oxygen atoms in total. The van der Waals surface area contributed by atoms with Crippen molar-refractivity contribution in [1.82, 2.24) is 0 Å². The highest BCUT2D eigenvalue weighted by molar-refractivity contribution is 5.70. The van der Waals surface area contributed by atoms with Crippen LogP contribution in [-0.2, 0) is 9.53 Å². The SMILES string of the molecule is CCOC(=O)C[C@@H](N)c1ccc(OC)c(F)c1. The third-order valence-electron chi connectivity index (χ3n) is 2.30. The molecule has 0 unspecified atom stereocenters. The van der Waals surface area contributed by atoms with Gasteiger partial charge in [-0.15, -0.1) is 0 Å². The third-order valence-corrected chi connectivity index (χ3v) is 2.30. The molecule has 1 aromatic carbocycles. The van der Waals surface area contributed by atoms with Gasteiger partial charge in [-0.1, -0.05) is 6.07 Å². The molecule has 0 aromatic heterocycles. The van der Waals surface area contributed by atoms with Crippen LogP contribution in [0.5, 0.6) is 5.75 Å². The maximum absolute atomic E-state index is 13.4. The average molecular weight is 241 g/mol. The lowest BCUT2D eigenvalue weighted by Gasteiger charge is -2.12. The van der Waals surface area contributed by atoms with Crippen molar-refractivity contribution in [2.45, 2.75) is 19.4 Å². The summed E-state index contributed by atoms with van der Waals surface area (Å²) in [5.41, 5.74) is 6.32. The summed E-state index contributed by atoms with van der Waals surface area (Å²) < 4.78 is 23.0. The summed E-state index contributed by atoms with van der Waals surface area (Å²) in [6.45, 7) is 2.03. The first kappa shape index (κ1) is 13.4. The van der Waals surface area contributed by atoms with Crippen molar-refractivity contribution < 1.29 is 18.7 Å². The molecule has 0 aliphatic carbocycles. The molecule has 5 heteroatoms. The Hall–Kier alpha value is -1.62. The van der Waals surface area contributed by atoms with Crippen molar-refractivity contribution in [3.63, 3.8) is 0 Å². The molecule has 0 fully saturated rings. The van der Waals surface area contributed by atoms with Crippen LogP contribution >= 0.6 is 0 Å². The molecule has 0 spiro atoms. The number of halogens is 1. The number of hydrogen-bond acceptors (Lipinski definition) is 4. The van der Waals surface area contributed by atoms with Gasteiger partial charge in [0.25, 0.3) is 0 Å². The van der Waals surface area contributed by atoms with Crippen LogP contribution in [0.25, 0.3) is 0 Å². The predicted octanol–water partition coefficient (Wildman–Crippen LogP) is 1.79. The van der Waals surface area contributed by atoms with Gasteiger partial charge in [-0.25, -0.2) is 4.39 Å². The zero-order valence-electron chi connectivity index (χ0n) is 9.90. The Morgan fingerprint density at radius 2 is 2.24 bits per heavy atom. The molecule has 0 aliphatic heterocycles. The summed E-state index contributed by atoms with van der Waals surface area (Å²) in [7, 11) is 1.39. The Bertz CT molecular complexity index is 395. The quantitative estimate of drug-likeness (QED) is 0.798. The van der Waals surface area contributed by atoms with E-state index in [-0.39, 0.29) is 12.2 Å². The van der Waals surface area contributed by atoms with E-state index < -0.39 is 17.8 Å². The Labute approximate surface area is 99.5 Å². The van der Waals surface area contributed by atoms with Crippen molar-refractivity contribution in [2.24, 2.45) is 5.73 Å². The molecule has 0 radical (unpaired) electrons. The molecule has 17 heavy (non-hydrogen) atoms. The smallest absolute Gasteiger partial charge is 0.307 e. The highest BCUT2D eigenvalue weighted by Crippen LogP contribution is 2.22. The van der Waals surface area contributed by atoms with E-state index in [4.69, 9.17) is 15.2 Å². The van der Waals surface area contributed by atoms with Crippen LogP contribution in [0.3, 0.4) is 0 Å². The van der Waals surface area contributed by atoms with Crippen LogP contribution in [0.4, 0.5) is 4.39 Å². The monoisotopic (exact) mass is 241 g/mol. The minimum atomic E-state index is -0.575. The first-order valence-electron chi connectivity index (χ1n) is 5.33. The summed E-state index contributed by atoms with van der Waals surface area (Å²) in [5.74, 6) is -0.738. The highest BCUT2D eigenvalue weighted by atomic mass is 19.1. The van der Waals surface area contributed by atoms with Crippen molar-refractivity contribution in [2.75, 3.05) is 13.7 Å². The topological polar surface area (TPSA) is 61.5 Å². The Kier molecular flexibility index (Phi) is 4.90. The fourth-order valence-electron chi connectivity index (χ4n) is 1.43. The van der Waals surface area contributed by atoms with Crippen LogP contribution in [0.1, 0.15) is 24.9 Å². The molecule has 0 saturated heterocycles. The number of carbonyl (C=O) groups excluding carboxylic acids is 1. The number of rotatable bonds is 5. The van der Waals surface area contributed by atoms with Crippen LogP contribution in [0.15, 0.2) is 18.2 Å². The van der Waals surface area contributed by atoms with Crippen LogP contribution in [0.2, 0.25) is 0 Å². The van der Waals surface area contributed by atoms with Gasteiger partial charge in [-0.3, -0.25) is 4.79 Å². The van der Waals surface area contributed by atoms with E-state index in [0.717, 1.165) is 0 Å². The van der Waals surface area contributed by atoms with E-state index in [1.165, 1.54) is 19.2 Å². The molecule has 0 aliphatic rings. The van der Waals surface area contributed by atoms with Crippen molar-refractivity contribution >= 4 is 5.97 Å². The largest absolute Gasteiger partial charge is 0.494 e. The molecule has 0 saturated carbocycles. The lowest BCUT2D eigenvalue weighted by molar-refractivity contribution is -0.143. The minimum absolute atomic E-state index is 0.0274. The highest BCUT2D eigenvalue weighted by Gasteiger charge is 2.14. The number of esters is 1. The van der Waals surface area contributed by atoms with E-state index in [9.17, 15) is 9.18 Å². The normalized spacial score (nSPS) is 12.0. The van der Waals surface area contributed by atoms with Gasteiger partial charge in [0.2, 0.25) is 0 Å². The van der Waals surface area contributed by atoms with Gasteiger partial charge in [0.05, 0.1) is 20.1 Å². The Balaban J connectivity index is 2.72. The van der Waals surface area contributed by atoms with Crippen LogP contribution in [0, 0.1) is 5.82 Å². The standard InChI is InChI=1S/C12H16FNO3/c1-3-17-12(15)7-10(14)8-4-5-11(16-2)9(13)6-8/h4-6,10H,3,7,14H2,1-2H3/t10-/m1/s1. The molecule has 0 amide bonds. The predicted molar refractivity (Wildman–Crippen MR) is 61.1 cm³/mol. The van der Waals surface area contributed by atoms with Crippen LogP contribution < -0.4 is 10.5 Å². The lowest BCUT2D eigenvalue weighted by atomic mass is 10.0. The van der Waals surface area contributed by atoms with E-state index in [1.807, 2.05) is 0 Å². The van der Waals surface area contributed by atoms with Crippen molar-refractivity contribution in [3.8, 4) is 5.75 Å². The van der Waals surface area contributed by atoms with E-state index in [0.29, 0.717) is 12.2 Å². The zero-order valence-corrected chi connectivity index (χ0v) is 9.90. The summed E-state index contributed by atoms with van der Waals surface area (Å²) in [5, 5.41) is 0. The van der Waals surface area contributed by atoms with E-state index >= 15 is 0 Å². The summed E-state index contributed by atoms with van der Waals surface area (Å²) >= 11 is 0. The molecule has 1 rings (SSSR count). The second-order valence-corrected chi connectivity index (χ2v) is 3.51. The first-order chi connectivity index (χ1) is 8.08. The van der Waals surface area contributed by atoms with Gasteiger partial charge in [0, 0.05) is 6.04 Å². The third kappa shape index (κ3) is 3.71. The molecule has 94 valence electrons. The number of benzene rings is 1. The Morgan fingerprint density at radius 3 is 2.76 bits per heavy atom. The summed E-state index contributed by atoms with van der Waals surface area (Å²) in [6.07, 6.45) is 0.0274. The van der Waals surface area contributed by atoms with E-state index in [2.05, 4.69) is 0 Å². The van der Waals surface area contributed by atoms with Crippen molar-refractivity contribution in [3.05, 3.63) is 29.6 Å². The van der Waals surface area contributed by atoms with Gasteiger partial charge in [0.1, 0.15) is 0 Å². The fraction of sp³-hybridized carbons (Fsp3) is 0.417. The van der Waals surface area contributed by atoms with Gasteiger partial charge in [-0.2, -0.15) is 0 Å². The van der Waals surface area contributed by atoms with Gasteiger partial charge in [-0.05, 0) is 24.6 Å². The first-order valence-corrected chi connectivity index (χ1v) is 5.33. The average Bonchev–Trinajstić information content (AvgIpc) is 2.29. The van der Waals surface area contributed by atoms with Gasteiger partial charge < -0.3 is 15.2 Å². The van der Waals surface area contributed by atoms with Crippen LogP contribution in [-0.4, -0.2) is 19.7 Å². The van der Waals surface area contributed by atoms with Gasteiger partial charge >= 0.3 is 5.97 Å². The zero-order chi connectivity index (χ0) is 12.8. The molecule has 0 bridgehead atoms. The maximum Gasteiger partial charge on any atom is 0.307 e. The molecule has 2 N–H and O–H groups in total.